The van der Waals surface area contributed by atoms with Gasteiger partial charge < -0.3 is 10.5 Å². The van der Waals surface area contributed by atoms with Crippen molar-refractivity contribution in [3.05, 3.63) is 0 Å². The Bertz CT molecular complexity index is 184. The van der Waals surface area contributed by atoms with Crippen LogP contribution >= 0.6 is 0 Å². The van der Waals surface area contributed by atoms with Crippen molar-refractivity contribution in [1.29, 1.82) is 0 Å². The molecule has 0 aromatic heterocycles. The molecule has 0 aliphatic carbocycles. The Morgan fingerprint density at radius 2 is 1.76 bits per heavy atom. The number of hydrogen-bond acceptors (Lipinski definition) is 2. The van der Waals surface area contributed by atoms with Crippen LogP contribution < -0.4 is 5.73 Å². The second kappa shape index (κ2) is 8.93. The molecule has 2 nitrogen and oxygen atoms in total. The van der Waals surface area contributed by atoms with Crippen molar-refractivity contribution in [2.45, 2.75) is 83.8 Å². The van der Waals surface area contributed by atoms with Gasteiger partial charge in [0.15, 0.2) is 0 Å². The van der Waals surface area contributed by atoms with E-state index in [0.29, 0.717) is 18.1 Å². The molecule has 2 N–H and O–H groups in total. The van der Waals surface area contributed by atoms with Gasteiger partial charge in [0.2, 0.25) is 0 Å². The van der Waals surface area contributed by atoms with E-state index in [4.69, 9.17) is 10.5 Å². The number of hydrogen-bond donors (Lipinski definition) is 1. The van der Waals surface area contributed by atoms with E-state index < -0.39 is 0 Å². The zero-order valence-electron chi connectivity index (χ0n) is 11.8. The second-order valence-corrected chi connectivity index (χ2v) is 5.71. The minimum absolute atomic E-state index is 0.371. The van der Waals surface area contributed by atoms with Gasteiger partial charge in [-0.05, 0) is 25.7 Å². The largest absolute Gasteiger partial charge is 0.378 e. The predicted molar refractivity (Wildman–Crippen MR) is 74.1 cm³/mol. The first-order chi connectivity index (χ1) is 8.24. The molecule has 0 aromatic carbocycles. The van der Waals surface area contributed by atoms with Crippen molar-refractivity contribution in [1.82, 2.24) is 0 Å². The van der Waals surface area contributed by atoms with E-state index in [1.54, 1.807) is 0 Å². The molecule has 1 fully saturated rings. The van der Waals surface area contributed by atoms with Gasteiger partial charge in [-0.3, -0.25) is 0 Å². The van der Waals surface area contributed by atoms with E-state index in [-0.39, 0.29) is 0 Å². The van der Waals surface area contributed by atoms with Crippen molar-refractivity contribution in [3.8, 4) is 0 Å². The molecule has 3 atom stereocenters. The van der Waals surface area contributed by atoms with Crippen LogP contribution in [0.5, 0.6) is 0 Å². The molecule has 0 bridgehead atoms. The minimum Gasteiger partial charge on any atom is -0.378 e. The van der Waals surface area contributed by atoms with Crippen LogP contribution in [0.2, 0.25) is 0 Å². The molecule has 3 unspecified atom stereocenters. The molecular weight excluding hydrogens is 210 g/mol. The van der Waals surface area contributed by atoms with E-state index in [1.165, 1.54) is 51.4 Å². The topological polar surface area (TPSA) is 35.2 Å². The van der Waals surface area contributed by atoms with Crippen molar-refractivity contribution < 1.29 is 4.74 Å². The summed E-state index contributed by atoms with van der Waals surface area (Å²) in [5, 5.41) is 0. The number of rotatable bonds is 9. The lowest BCUT2D eigenvalue weighted by Crippen LogP contribution is -2.30. The van der Waals surface area contributed by atoms with Gasteiger partial charge in [-0.15, -0.1) is 0 Å². The van der Waals surface area contributed by atoms with Gasteiger partial charge in [0.25, 0.3) is 0 Å². The summed E-state index contributed by atoms with van der Waals surface area (Å²) >= 11 is 0. The van der Waals surface area contributed by atoms with Crippen LogP contribution in [0.25, 0.3) is 0 Å². The van der Waals surface area contributed by atoms with Crippen LogP contribution in [0.3, 0.4) is 0 Å². The zero-order valence-corrected chi connectivity index (χ0v) is 11.8. The third-order valence-corrected chi connectivity index (χ3v) is 3.98. The molecule has 0 amide bonds. The highest BCUT2D eigenvalue weighted by Crippen LogP contribution is 2.24. The van der Waals surface area contributed by atoms with Crippen molar-refractivity contribution >= 4 is 0 Å². The first-order valence-corrected chi connectivity index (χ1v) is 7.61. The third-order valence-electron chi connectivity index (χ3n) is 3.98. The summed E-state index contributed by atoms with van der Waals surface area (Å²) < 4.78 is 5.58. The second-order valence-electron chi connectivity index (χ2n) is 5.71. The first kappa shape index (κ1) is 15.0. The minimum atomic E-state index is 0.371. The molecule has 1 aliphatic heterocycles. The fraction of sp³-hybridized carbons (Fsp3) is 1.00. The highest BCUT2D eigenvalue weighted by Gasteiger charge is 2.26. The lowest BCUT2D eigenvalue weighted by molar-refractivity contribution is 0.118. The van der Waals surface area contributed by atoms with Crippen LogP contribution in [0, 0.1) is 5.92 Å². The van der Waals surface area contributed by atoms with E-state index in [0.717, 1.165) is 13.0 Å². The smallest absolute Gasteiger partial charge is 0.0551 e. The Kier molecular flexibility index (Phi) is 7.87. The number of nitrogens with two attached hydrogens (primary N) is 1. The summed E-state index contributed by atoms with van der Waals surface area (Å²) in [6, 6.07) is 0.371. The third kappa shape index (κ3) is 6.42. The molecule has 0 radical (unpaired) electrons. The monoisotopic (exact) mass is 241 g/mol. The Balaban J connectivity index is 1.91. The average Bonchev–Trinajstić information content (AvgIpc) is 2.74. The summed E-state index contributed by atoms with van der Waals surface area (Å²) in [6.45, 7) is 5.31. The molecular formula is C15H31NO. The fourth-order valence-corrected chi connectivity index (χ4v) is 2.72. The summed E-state index contributed by atoms with van der Waals surface area (Å²) in [4.78, 5) is 0. The van der Waals surface area contributed by atoms with Crippen LogP contribution in [0.15, 0.2) is 0 Å². The van der Waals surface area contributed by atoms with E-state index in [9.17, 15) is 0 Å². The van der Waals surface area contributed by atoms with Gasteiger partial charge in [0.05, 0.1) is 12.7 Å². The molecule has 0 aromatic rings. The van der Waals surface area contributed by atoms with Crippen molar-refractivity contribution in [3.63, 3.8) is 0 Å². The Labute approximate surface area is 107 Å². The maximum atomic E-state index is 6.22. The summed E-state index contributed by atoms with van der Waals surface area (Å²) in [6.07, 6.45) is 12.4. The molecule has 0 spiro atoms. The van der Waals surface area contributed by atoms with E-state index >= 15 is 0 Å². The molecule has 0 saturated carbocycles. The normalized spacial score (nSPS) is 26.3. The lowest BCUT2D eigenvalue weighted by Gasteiger charge is -2.17. The van der Waals surface area contributed by atoms with E-state index in [1.807, 2.05) is 0 Å². The molecule has 1 heterocycles. The molecule has 1 rings (SSSR count). The van der Waals surface area contributed by atoms with Gasteiger partial charge >= 0.3 is 0 Å². The Hall–Kier alpha value is -0.0800. The molecule has 1 aliphatic rings. The lowest BCUT2D eigenvalue weighted by atomic mass is 9.93. The maximum Gasteiger partial charge on any atom is 0.0551 e. The molecule has 17 heavy (non-hydrogen) atoms. The summed E-state index contributed by atoms with van der Waals surface area (Å²) in [7, 11) is 0. The standard InChI is InChI=1S/C15H31NO/c1-3-4-5-6-7-8-9-10-15(16)14-11-13(2)17-12-14/h13-15H,3-12,16H2,1-2H3. The molecule has 1 saturated heterocycles. The Morgan fingerprint density at radius 3 is 2.35 bits per heavy atom. The highest BCUT2D eigenvalue weighted by atomic mass is 16.5. The Morgan fingerprint density at radius 1 is 1.12 bits per heavy atom. The highest BCUT2D eigenvalue weighted by molar-refractivity contribution is 4.79. The van der Waals surface area contributed by atoms with Crippen LogP contribution in [0.1, 0.15) is 71.6 Å². The summed E-state index contributed by atoms with van der Waals surface area (Å²) in [5.74, 6) is 0.616. The van der Waals surface area contributed by atoms with Gasteiger partial charge in [-0.2, -0.15) is 0 Å². The quantitative estimate of drug-likeness (QED) is 0.622. The fourth-order valence-electron chi connectivity index (χ4n) is 2.72. The molecule has 102 valence electrons. The number of unbranched alkanes of at least 4 members (excludes halogenated alkanes) is 6. The average molecular weight is 241 g/mol. The van der Waals surface area contributed by atoms with Gasteiger partial charge in [-0.25, -0.2) is 0 Å². The van der Waals surface area contributed by atoms with Crippen LogP contribution in [-0.2, 0) is 4.74 Å². The van der Waals surface area contributed by atoms with Gasteiger partial charge in [0.1, 0.15) is 0 Å². The van der Waals surface area contributed by atoms with Gasteiger partial charge in [-0.1, -0.05) is 51.9 Å². The van der Waals surface area contributed by atoms with Crippen molar-refractivity contribution in [2.75, 3.05) is 6.61 Å². The van der Waals surface area contributed by atoms with Gasteiger partial charge in [0, 0.05) is 6.04 Å². The van der Waals surface area contributed by atoms with Crippen LogP contribution in [-0.4, -0.2) is 18.8 Å². The maximum absolute atomic E-state index is 6.22. The zero-order chi connectivity index (χ0) is 12.5. The van der Waals surface area contributed by atoms with E-state index in [2.05, 4.69) is 13.8 Å². The summed E-state index contributed by atoms with van der Waals surface area (Å²) in [5.41, 5.74) is 6.22. The molecule has 2 heteroatoms. The van der Waals surface area contributed by atoms with Crippen molar-refractivity contribution in [2.24, 2.45) is 11.7 Å². The SMILES string of the molecule is CCCCCCCCCC(N)C1COC(C)C1. The predicted octanol–water partition coefficient (Wildman–Crippen LogP) is 3.88. The van der Waals surface area contributed by atoms with Crippen LogP contribution in [0.4, 0.5) is 0 Å². The number of ether oxygens (including phenoxy) is 1. The first-order valence-electron chi connectivity index (χ1n) is 7.61.